The van der Waals surface area contributed by atoms with Crippen molar-refractivity contribution in [1.82, 2.24) is 0 Å². The molecule has 2 aromatic rings. The zero-order chi connectivity index (χ0) is 19.4. The summed E-state index contributed by atoms with van der Waals surface area (Å²) < 4.78 is 5.31. The van der Waals surface area contributed by atoms with Crippen molar-refractivity contribution < 1.29 is 24.4 Å². The number of carbonyl (C=O) groups is 2. The second-order valence-electron chi connectivity index (χ2n) is 5.90. The lowest BCUT2D eigenvalue weighted by Gasteiger charge is -2.30. The Bertz CT molecular complexity index is 892. The van der Waals surface area contributed by atoms with Gasteiger partial charge in [-0.2, -0.15) is 0 Å². The number of rotatable bonds is 5. The maximum atomic E-state index is 12.8. The van der Waals surface area contributed by atoms with Crippen molar-refractivity contribution in [1.29, 1.82) is 0 Å². The maximum Gasteiger partial charge on any atom is 0.335 e. The monoisotopic (exact) mass is 371 g/mol. The number of non-ortho nitro benzene ring substituents is 1. The summed E-state index contributed by atoms with van der Waals surface area (Å²) in [5.74, 6) is -1.67. The molecule has 2 N–H and O–H groups in total. The Hall–Kier alpha value is -3.46. The van der Waals surface area contributed by atoms with Crippen LogP contribution >= 0.6 is 0 Å². The van der Waals surface area contributed by atoms with Gasteiger partial charge in [0.2, 0.25) is 0 Å². The predicted molar refractivity (Wildman–Crippen MR) is 97.5 cm³/mol. The fraction of sp³-hybridized carbons (Fsp3) is 0.222. The molecule has 9 heteroatoms. The minimum Gasteiger partial charge on any atom is -0.478 e. The van der Waals surface area contributed by atoms with Crippen molar-refractivity contribution in [3.63, 3.8) is 0 Å². The third kappa shape index (κ3) is 4.21. The van der Waals surface area contributed by atoms with Crippen LogP contribution in [-0.2, 0) is 4.74 Å². The number of nitrogens with one attached hydrogen (secondary N) is 1. The predicted octanol–water partition coefficient (Wildman–Crippen LogP) is 2.38. The second kappa shape index (κ2) is 7.83. The first-order valence-electron chi connectivity index (χ1n) is 8.21. The highest BCUT2D eigenvalue weighted by atomic mass is 16.6. The van der Waals surface area contributed by atoms with Crippen LogP contribution in [0, 0.1) is 10.1 Å². The summed E-state index contributed by atoms with van der Waals surface area (Å²) in [6, 6.07) is 9.92. The Labute approximate surface area is 154 Å². The Balaban J connectivity index is 1.93. The molecule has 1 amide bonds. The topological polar surface area (TPSA) is 122 Å². The summed E-state index contributed by atoms with van der Waals surface area (Å²) in [5, 5.41) is 22.8. The van der Waals surface area contributed by atoms with E-state index in [4.69, 9.17) is 9.84 Å². The van der Waals surface area contributed by atoms with Crippen LogP contribution in [0.5, 0.6) is 0 Å². The number of anilines is 2. The third-order valence-corrected chi connectivity index (χ3v) is 4.15. The summed E-state index contributed by atoms with van der Waals surface area (Å²) in [6.45, 7) is 2.12. The van der Waals surface area contributed by atoms with Crippen LogP contribution in [0.25, 0.3) is 0 Å². The van der Waals surface area contributed by atoms with Gasteiger partial charge >= 0.3 is 5.97 Å². The Morgan fingerprint density at radius 2 is 1.89 bits per heavy atom. The molecule has 0 spiro atoms. The van der Waals surface area contributed by atoms with E-state index in [2.05, 4.69) is 5.32 Å². The summed E-state index contributed by atoms with van der Waals surface area (Å²) >= 11 is 0. The molecule has 2 aromatic carbocycles. The van der Waals surface area contributed by atoms with Gasteiger partial charge in [0.25, 0.3) is 11.6 Å². The highest BCUT2D eigenvalue weighted by Crippen LogP contribution is 2.27. The average Bonchev–Trinajstić information content (AvgIpc) is 2.68. The van der Waals surface area contributed by atoms with Crippen molar-refractivity contribution >= 4 is 28.9 Å². The molecule has 0 aliphatic carbocycles. The number of hydrogen-bond acceptors (Lipinski definition) is 6. The van der Waals surface area contributed by atoms with Crippen molar-refractivity contribution in [3.8, 4) is 0 Å². The maximum absolute atomic E-state index is 12.8. The molecule has 9 nitrogen and oxygen atoms in total. The number of morpholine rings is 1. The van der Waals surface area contributed by atoms with Crippen molar-refractivity contribution in [2.24, 2.45) is 0 Å². The van der Waals surface area contributed by atoms with E-state index in [9.17, 15) is 19.7 Å². The van der Waals surface area contributed by atoms with Crippen LogP contribution in [-0.4, -0.2) is 48.2 Å². The van der Waals surface area contributed by atoms with Crippen molar-refractivity contribution in [2.75, 3.05) is 36.5 Å². The molecular weight excluding hydrogens is 354 g/mol. The van der Waals surface area contributed by atoms with E-state index >= 15 is 0 Å². The van der Waals surface area contributed by atoms with Gasteiger partial charge < -0.3 is 20.1 Å². The van der Waals surface area contributed by atoms with Gasteiger partial charge in [-0.25, -0.2) is 4.79 Å². The van der Waals surface area contributed by atoms with Gasteiger partial charge in [-0.15, -0.1) is 0 Å². The number of hydrogen-bond donors (Lipinski definition) is 2. The van der Waals surface area contributed by atoms with E-state index in [0.29, 0.717) is 37.7 Å². The van der Waals surface area contributed by atoms with Gasteiger partial charge in [0.05, 0.1) is 35.0 Å². The average molecular weight is 371 g/mol. The Morgan fingerprint density at radius 3 is 2.56 bits per heavy atom. The van der Waals surface area contributed by atoms with E-state index in [1.807, 2.05) is 4.90 Å². The zero-order valence-corrected chi connectivity index (χ0v) is 14.3. The lowest BCUT2D eigenvalue weighted by Crippen LogP contribution is -2.37. The quantitative estimate of drug-likeness (QED) is 0.611. The van der Waals surface area contributed by atoms with Gasteiger partial charge in [-0.05, 0) is 24.3 Å². The van der Waals surface area contributed by atoms with E-state index < -0.39 is 16.8 Å². The van der Waals surface area contributed by atoms with Gasteiger partial charge in [0, 0.05) is 30.9 Å². The fourth-order valence-electron chi connectivity index (χ4n) is 2.83. The molecule has 0 bridgehead atoms. The first kappa shape index (κ1) is 18.3. The second-order valence-corrected chi connectivity index (χ2v) is 5.90. The van der Waals surface area contributed by atoms with E-state index in [-0.39, 0.29) is 16.8 Å². The number of ether oxygens (including phenoxy) is 1. The van der Waals surface area contributed by atoms with Crippen LogP contribution in [0.3, 0.4) is 0 Å². The molecule has 0 saturated carbocycles. The van der Waals surface area contributed by atoms with Crippen LogP contribution in [0.1, 0.15) is 20.7 Å². The lowest BCUT2D eigenvalue weighted by atomic mass is 10.1. The number of nitro benzene ring substituents is 1. The molecule has 0 aromatic heterocycles. The van der Waals surface area contributed by atoms with Crippen LogP contribution in [0.15, 0.2) is 42.5 Å². The normalized spacial score (nSPS) is 13.9. The lowest BCUT2D eigenvalue weighted by molar-refractivity contribution is -0.384. The number of carbonyl (C=O) groups excluding carboxylic acids is 1. The number of amides is 1. The third-order valence-electron chi connectivity index (χ3n) is 4.15. The summed E-state index contributed by atoms with van der Waals surface area (Å²) in [7, 11) is 0. The van der Waals surface area contributed by atoms with Crippen LogP contribution < -0.4 is 10.2 Å². The summed E-state index contributed by atoms with van der Waals surface area (Å²) in [6.07, 6.45) is 0. The molecule has 0 unspecified atom stereocenters. The number of benzene rings is 2. The summed E-state index contributed by atoms with van der Waals surface area (Å²) in [5.41, 5.74) is 0.832. The number of aromatic carboxylic acids is 1. The molecule has 0 atom stereocenters. The highest BCUT2D eigenvalue weighted by Gasteiger charge is 2.22. The number of carboxylic acids is 1. The number of nitrogens with zero attached hydrogens (tertiary/aromatic N) is 2. The largest absolute Gasteiger partial charge is 0.478 e. The molecule has 27 heavy (non-hydrogen) atoms. The van der Waals surface area contributed by atoms with Gasteiger partial charge in [0.1, 0.15) is 0 Å². The van der Waals surface area contributed by atoms with Gasteiger partial charge in [0.15, 0.2) is 0 Å². The number of nitro groups is 1. The zero-order valence-electron chi connectivity index (χ0n) is 14.3. The molecular formula is C18H17N3O6. The number of carboxylic acid groups (broad SMARTS) is 1. The van der Waals surface area contributed by atoms with E-state index in [1.165, 1.54) is 30.3 Å². The SMILES string of the molecule is O=C(O)c1cccc(NC(=O)c2cc([N+](=O)[O-])ccc2N2CCOCC2)c1. The minimum atomic E-state index is -1.12. The molecule has 1 saturated heterocycles. The summed E-state index contributed by atoms with van der Waals surface area (Å²) in [4.78, 5) is 36.4. The molecule has 1 aliphatic rings. The molecule has 1 fully saturated rings. The molecule has 3 rings (SSSR count). The Morgan fingerprint density at radius 1 is 1.15 bits per heavy atom. The highest BCUT2D eigenvalue weighted by molar-refractivity contribution is 6.09. The first-order valence-corrected chi connectivity index (χ1v) is 8.21. The Kier molecular flexibility index (Phi) is 5.32. The van der Waals surface area contributed by atoms with E-state index in [1.54, 1.807) is 12.1 Å². The first-order chi connectivity index (χ1) is 13.0. The van der Waals surface area contributed by atoms with Crippen molar-refractivity contribution in [3.05, 3.63) is 63.7 Å². The minimum absolute atomic E-state index is 0.0280. The van der Waals surface area contributed by atoms with Crippen LogP contribution in [0.2, 0.25) is 0 Å². The molecule has 0 radical (unpaired) electrons. The smallest absolute Gasteiger partial charge is 0.335 e. The standard InChI is InChI=1S/C18H17N3O6/c22-17(19-13-3-1-2-12(10-13)18(23)24)15-11-14(21(25)26)4-5-16(15)20-6-8-27-9-7-20/h1-5,10-11H,6-9H2,(H,19,22)(H,23,24). The van der Waals surface area contributed by atoms with Crippen molar-refractivity contribution in [2.45, 2.75) is 0 Å². The van der Waals surface area contributed by atoms with Crippen LogP contribution in [0.4, 0.5) is 17.1 Å². The fourth-order valence-corrected chi connectivity index (χ4v) is 2.83. The van der Waals surface area contributed by atoms with Gasteiger partial charge in [-0.3, -0.25) is 14.9 Å². The molecule has 1 heterocycles. The van der Waals surface area contributed by atoms with E-state index in [0.717, 1.165) is 0 Å². The molecule has 140 valence electrons. The molecule has 1 aliphatic heterocycles. The van der Waals surface area contributed by atoms with Gasteiger partial charge in [-0.1, -0.05) is 6.07 Å².